The molecule has 1 aliphatic heterocycles. The first-order chi connectivity index (χ1) is 14.5. The highest BCUT2D eigenvalue weighted by molar-refractivity contribution is 9.10. The van der Waals surface area contributed by atoms with Gasteiger partial charge in [-0.15, -0.1) is 0 Å². The van der Waals surface area contributed by atoms with Crippen LogP contribution in [0.15, 0.2) is 53.0 Å². The van der Waals surface area contributed by atoms with Crippen molar-refractivity contribution in [2.75, 3.05) is 38.2 Å². The van der Waals surface area contributed by atoms with Crippen LogP contribution in [-0.2, 0) is 0 Å². The number of anilines is 1. The summed E-state index contributed by atoms with van der Waals surface area (Å²) in [4.78, 5) is 17.3. The molecule has 1 fully saturated rings. The Labute approximate surface area is 185 Å². The third kappa shape index (κ3) is 3.81. The van der Waals surface area contributed by atoms with Gasteiger partial charge < -0.3 is 14.5 Å². The Morgan fingerprint density at radius 2 is 1.73 bits per heavy atom. The van der Waals surface area contributed by atoms with Crippen molar-refractivity contribution in [3.8, 4) is 11.4 Å². The second-order valence-corrected chi connectivity index (χ2v) is 8.25. The molecule has 30 heavy (non-hydrogen) atoms. The van der Waals surface area contributed by atoms with Crippen molar-refractivity contribution < 1.29 is 9.53 Å². The van der Waals surface area contributed by atoms with Gasteiger partial charge >= 0.3 is 0 Å². The summed E-state index contributed by atoms with van der Waals surface area (Å²) < 4.78 is 8.06. The quantitative estimate of drug-likeness (QED) is 0.574. The zero-order valence-electron chi connectivity index (χ0n) is 17.4. The van der Waals surface area contributed by atoms with Gasteiger partial charge in [0.25, 0.3) is 5.91 Å². The van der Waals surface area contributed by atoms with E-state index in [-0.39, 0.29) is 5.91 Å². The van der Waals surface area contributed by atoms with Gasteiger partial charge in [0, 0.05) is 30.7 Å². The number of aryl methyl sites for hydroxylation is 1. The van der Waals surface area contributed by atoms with E-state index in [9.17, 15) is 4.79 Å². The summed E-state index contributed by atoms with van der Waals surface area (Å²) in [7, 11) is 1.61. The molecular weight excluding hydrogens is 444 g/mol. The summed E-state index contributed by atoms with van der Waals surface area (Å²) in [6.45, 7) is 7.03. The molecule has 1 aromatic heterocycles. The van der Waals surface area contributed by atoms with Crippen molar-refractivity contribution in [3.63, 3.8) is 0 Å². The van der Waals surface area contributed by atoms with Crippen molar-refractivity contribution >= 4 is 27.5 Å². The Hall–Kier alpha value is -2.80. The minimum Gasteiger partial charge on any atom is -0.497 e. The van der Waals surface area contributed by atoms with E-state index >= 15 is 0 Å². The van der Waals surface area contributed by atoms with E-state index in [2.05, 4.69) is 39.9 Å². The van der Waals surface area contributed by atoms with Gasteiger partial charge in [0.05, 0.1) is 35.4 Å². The molecule has 0 unspecified atom stereocenters. The van der Waals surface area contributed by atoms with E-state index in [0.717, 1.165) is 40.3 Å². The molecule has 6 nitrogen and oxygen atoms in total. The highest BCUT2D eigenvalue weighted by atomic mass is 79.9. The first-order valence-electron chi connectivity index (χ1n) is 9.99. The highest BCUT2D eigenvalue weighted by Crippen LogP contribution is 2.29. The van der Waals surface area contributed by atoms with Gasteiger partial charge in [0.1, 0.15) is 5.75 Å². The molecule has 0 spiro atoms. The lowest BCUT2D eigenvalue weighted by molar-refractivity contribution is 0.0745. The van der Waals surface area contributed by atoms with Gasteiger partial charge in [0.15, 0.2) is 0 Å². The van der Waals surface area contributed by atoms with E-state index in [4.69, 9.17) is 9.84 Å². The Balaban J connectivity index is 1.50. The topological polar surface area (TPSA) is 50.6 Å². The van der Waals surface area contributed by atoms with Crippen LogP contribution in [0.5, 0.6) is 5.75 Å². The van der Waals surface area contributed by atoms with Gasteiger partial charge in [0.2, 0.25) is 0 Å². The lowest BCUT2D eigenvalue weighted by Gasteiger charge is -2.36. The fourth-order valence-electron chi connectivity index (χ4n) is 4.01. The predicted molar refractivity (Wildman–Crippen MR) is 122 cm³/mol. The van der Waals surface area contributed by atoms with Crippen molar-refractivity contribution in [1.29, 1.82) is 0 Å². The van der Waals surface area contributed by atoms with Gasteiger partial charge in [-0.05, 0) is 60.1 Å². The number of nitrogens with zero attached hydrogens (tertiary/aromatic N) is 4. The number of methoxy groups -OCH3 is 1. The van der Waals surface area contributed by atoms with Crippen LogP contribution in [0.3, 0.4) is 0 Å². The van der Waals surface area contributed by atoms with Crippen LogP contribution in [0.25, 0.3) is 5.69 Å². The fourth-order valence-corrected chi connectivity index (χ4v) is 4.43. The Morgan fingerprint density at radius 3 is 2.40 bits per heavy atom. The molecule has 156 valence electrons. The number of carbonyl (C=O) groups excluding carboxylic acids is 1. The molecule has 0 saturated carbocycles. The minimum absolute atomic E-state index is 0.0221. The molecule has 0 atom stereocenters. The minimum atomic E-state index is 0.0221. The second kappa shape index (κ2) is 8.52. The van der Waals surface area contributed by atoms with Gasteiger partial charge in [-0.25, -0.2) is 4.68 Å². The van der Waals surface area contributed by atoms with E-state index in [1.807, 2.05) is 46.8 Å². The lowest BCUT2D eigenvalue weighted by atomic mass is 10.1. The number of amides is 1. The Bertz CT molecular complexity index is 1060. The zero-order valence-corrected chi connectivity index (χ0v) is 19.0. The van der Waals surface area contributed by atoms with E-state index < -0.39 is 0 Å². The third-order valence-electron chi connectivity index (χ3n) is 5.54. The first-order valence-corrected chi connectivity index (χ1v) is 10.8. The van der Waals surface area contributed by atoms with Gasteiger partial charge in [-0.2, -0.15) is 5.10 Å². The lowest BCUT2D eigenvalue weighted by Crippen LogP contribution is -2.49. The van der Waals surface area contributed by atoms with Crippen LogP contribution in [0.1, 0.15) is 21.7 Å². The van der Waals surface area contributed by atoms with E-state index in [0.29, 0.717) is 24.4 Å². The monoisotopic (exact) mass is 468 g/mol. The predicted octanol–water partition coefficient (Wildman–Crippen LogP) is 4.22. The van der Waals surface area contributed by atoms with Gasteiger partial charge in [-0.3, -0.25) is 4.79 Å². The Kier molecular flexibility index (Phi) is 5.81. The molecule has 0 N–H and O–H groups in total. The summed E-state index contributed by atoms with van der Waals surface area (Å²) in [5.74, 6) is 0.702. The summed E-state index contributed by atoms with van der Waals surface area (Å²) >= 11 is 3.49. The number of carbonyl (C=O) groups is 1. The van der Waals surface area contributed by atoms with Crippen LogP contribution in [0.2, 0.25) is 0 Å². The summed E-state index contributed by atoms with van der Waals surface area (Å²) in [5, 5.41) is 4.76. The molecule has 0 radical (unpaired) electrons. The van der Waals surface area contributed by atoms with Crippen molar-refractivity contribution in [2.45, 2.75) is 13.8 Å². The van der Waals surface area contributed by atoms with Crippen molar-refractivity contribution in [2.24, 2.45) is 0 Å². The third-order valence-corrected chi connectivity index (χ3v) is 6.23. The average Bonchev–Trinajstić information content (AvgIpc) is 3.08. The smallest absolute Gasteiger partial charge is 0.255 e. The number of aromatic nitrogens is 2. The average molecular weight is 469 g/mol. The van der Waals surface area contributed by atoms with E-state index in [1.54, 1.807) is 13.2 Å². The Morgan fingerprint density at radius 1 is 1.03 bits per heavy atom. The highest BCUT2D eigenvalue weighted by Gasteiger charge is 2.27. The molecule has 7 heteroatoms. The molecule has 4 rings (SSSR count). The van der Waals surface area contributed by atoms with Crippen LogP contribution in [0.4, 0.5) is 5.69 Å². The van der Waals surface area contributed by atoms with Crippen LogP contribution in [-0.4, -0.2) is 53.9 Å². The van der Waals surface area contributed by atoms with E-state index in [1.165, 1.54) is 0 Å². The molecular formula is C23H25BrN4O2. The summed E-state index contributed by atoms with van der Waals surface area (Å²) in [5.41, 5.74) is 4.97. The standard InChI is InChI=1S/C23H25BrN4O2/c1-16-22(17(2)28(25-16)18-7-5-4-6-8-18)26-11-13-27(14-12-26)23(29)20-15-19(30-3)9-10-21(20)24/h4-10,15H,11-14H2,1-3H3. The fraction of sp³-hybridized carbons (Fsp3) is 0.304. The number of rotatable bonds is 4. The molecule has 1 saturated heterocycles. The number of benzene rings is 2. The summed E-state index contributed by atoms with van der Waals surface area (Å²) in [6, 6.07) is 15.7. The SMILES string of the molecule is COc1ccc(Br)c(C(=O)N2CCN(c3c(C)nn(-c4ccccc4)c3C)CC2)c1. The molecule has 2 heterocycles. The first kappa shape index (κ1) is 20.5. The number of halogens is 1. The number of hydrogen-bond donors (Lipinski definition) is 0. The molecule has 1 amide bonds. The maximum Gasteiger partial charge on any atom is 0.255 e. The van der Waals surface area contributed by atoms with Crippen molar-refractivity contribution in [3.05, 3.63) is 70.0 Å². The van der Waals surface area contributed by atoms with Crippen LogP contribution < -0.4 is 9.64 Å². The molecule has 0 bridgehead atoms. The maximum absolute atomic E-state index is 13.1. The second-order valence-electron chi connectivity index (χ2n) is 7.39. The number of ether oxygens (including phenoxy) is 1. The zero-order chi connectivity index (χ0) is 21.3. The molecule has 1 aliphatic rings. The largest absolute Gasteiger partial charge is 0.497 e. The molecule has 0 aliphatic carbocycles. The molecule has 2 aromatic carbocycles. The molecule has 3 aromatic rings. The number of para-hydroxylation sites is 1. The number of hydrogen-bond acceptors (Lipinski definition) is 4. The maximum atomic E-state index is 13.1. The summed E-state index contributed by atoms with van der Waals surface area (Å²) in [6.07, 6.45) is 0. The van der Waals surface area contributed by atoms with Crippen LogP contribution >= 0.6 is 15.9 Å². The van der Waals surface area contributed by atoms with Crippen LogP contribution in [0, 0.1) is 13.8 Å². The van der Waals surface area contributed by atoms with Crippen molar-refractivity contribution in [1.82, 2.24) is 14.7 Å². The normalized spacial score (nSPS) is 14.1. The van der Waals surface area contributed by atoms with Gasteiger partial charge in [-0.1, -0.05) is 18.2 Å². The number of piperazine rings is 1.